The maximum absolute atomic E-state index is 13.6. The molecule has 3 nitrogen and oxygen atoms in total. The minimum Gasteiger partial charge on any atom is -0.335 e. The van der Waals surface area contributed by atoms with E-state index >= 15 is 0 Å². The molecule has 2 aromatic rings. The number of benzene rings is 1. The molecule has 19 heavy (non-hydrogen) atoms. The van der Waals surface area contributed by atoms with Gasteiger partial charge in [-0.05, 0) is 18.6 Å². The van der Waals surface area contributed by atoms with Crippen molar-refractivity contribution < 1.29 is 9.18 Å². The van der Waals surface area contributed by atoms with Gasteiger partial charge in [0.25, 0.3) is 5.91 Å². The minimum absolute atomic E-state index is 0.0419. The number of hydrogen-bond donors (Lipinski definition) is 0. The van der Waals surface area contributed by atoms with Crippen molar-refractivity contribution in [1.29, 1.82) is 0 Å². The minimum atomic E-state index is -0.598. The van der Waals surface area contributed by atoms with Crippen LogP contribution in [0.4, 0.5) is 4.39 Å². The SMILES string of the molecule is CC(c1ccccc1)N(C)C(=O)c1ccncc1F. The lowest BCUT2D eigenvalue weighted by atomic mass is 10.1. The van der Waals surface area contributed by atoms with E-state index in [-0.39, 0.29) is 17.5 Å². The quantitative estimate of drug-likeness (QED) is 0.847. The van der Waals surface area contributed by atoms with Gasteiger partial charge >= 0.3 is 0 Å². The Balaban J connectivity index is 2.23. The Hall–Kier alpha value is -2.23. The predicted molar refractivity (Wildman–Crippen MR) is 71.1 cm³/mol. The summed E-state index contributed by atoms with van der Waals surface area (Å²) < 4.78 is 13.6. The highest BCUT2D eigenvalue weighted by Crippen LogP contribution is 2.20. The summed E-state index contributed by atoms with van der Waals surface area (Å²) in [5.74, 6) is -0.948. The van der Waals surface area contributed by atoms with Crippen LogP contribution in [0.25, 0.3) is 0 Å². The van der Waals surface area contributed by atoms with Crippen LogP contribution in [0.15, 0.2) is 48.8 Å². The van der Waals surface area contributed by atoms with Gasteiger partial charge in [0, 0.05) is 13.2 Å². The Morgan fingerprint density at radius 2 is 1.95 bits per heavy atom. The van der Waals surface area contributed by atoms with Gasteiger partial charge in [-0.3, -0.25) is 9.78 Å². The lowest BCUT2D eigenvalue weighted by Crippen LogP contribution is -2.30. The van der Waals surface area contributed by atoms with E-state index in [2.05, 4.69) is 4.98 Å². The van der Waals surface area contributed by atoms with Crippen LogP contribution in [0, 0.1) is 5.82 Å². The summed E-state index contributed by atoms with van der Waals surface area (Å²) in [6.07, 6.45) is 2.46. The number of carbonyl (C=O) groups excluding carboxylic acids is 1. The van der Waals surface area contributed by atoms with Crippen molar-refractivity contribution in [3.05, 3.63) is 65.7 Å². The predicted octanol–water partition coefficient (Wildman–Crippen LogP) is 3.05. The van der Waals surface area contributed by atoms with E-state index < -0.39 is 5.82 Å². The zero-order valence-electron chi connectivity index (χ0n) is 10.9. The average Bonchev–Trinajstić information content (AvgIpc) is 2.46. The van der Waals surface area contributed by atoms with E-state index in [1.807, 2.05) is 37.3 Å². The third-order valence-corrected chi connectivity index (χ3v) is 3.19. The number of rotatable bonds is 3. The zero-order valence-corrected chi connectivity index (χ0v) is 10.9. The van der Waals surface area contributed by atoms with Gasteiger partial charge in [0.2, 0.25) is 0 Å². The molecule has 98 valence electrons. The highest BCUT2D eigenvalue weighted by molar-refractivity contribution is 5.94. The molecule has 1 atom stereocenters. The van der Waals surface area contributed by atoms with E-state index in [0.29, 0.717) is 0 Å². The van der Waals surface area contributed by atoms with Gasteiger partial charge in [0.05, 0.1) is 17.8 Å². The standard InChI is InChI=1S/C15H15FN2O/c1-11(12-6-4-3-5-7-12)18(2)15(19)13-8-9-17-10-14(13)16/h3-11H,1-2H3. The molecule has 2 rings (SSSR count). The molecule has 1 unspecified atom stereocenters. The van der Waals surface area contributed by atoms with Gasteiger partial charge < -0.3 is 4.90 Å². The number of carbonyl (C=O) groups is 1. The second kappa shape index (κ2) is 5.61. The molecule has 0 saturated heterocycles. The van der Waals surface area contributed by atoms with Crippen LogP contribution < -0.4 is 0 Å². The van der Waals surface area contributed by atoms with Gasteiger partial charge in [-0.15, -0.1) is 0 Å². The molecule has 1 amide bonds. The van der Waals surface area contributed by atoms with Crippen LogP contribution in [-0.4, -0.2) is 22.8 Å². The largest absolute Gasteiger partial charge is 0.335 e. The Morgan fingerprint density at radius 3 is 2.58 bits per heavy atom. The second-order valence-corrected chi connectivity index (χ2v) is 4.36. The van der Waals surface area contributed by atoms with Crippen molar-refractivity contribution in [3.63, 3.8) is 0 Å². The van der Waals surface area contributed by atoms with Crippen LogP contribution >= 0.6 is 0 Å². The van der Waals surface area contributed by atoms with Crippen molar-refractivity contribution >= 4 is 5.91 Å². The van der Waals surface area contributed by atoms with Crippen molar-refractivity contribution in [3.8, 4) is 0 Å². The summed E-state index contributed by atoms with van der Waals surface area (Å²) in [4.78, 5) is 17.4. The fourth-order valence-corrected chi connectivity index (χ4v) is 1.87. The molecule has 0 bridgehead atoms. The molecular weight excluding hydrogens is 243 g/mol. The van der Waals surface area contributed by atoms with Crippen LogP contribution in [0.5, 0.6) is 0 Å². The molecular formula is C15H15FN2O. The molecule has 0 aliphatic rings. The van der Waals surface area contributed by atoms with E-state index in [1.165, 1.54) is 17.2 Å². The number of halogens is 1. The third-order valence-electron chi connectivity index (χ3n) is 3.19. The number of amides is 1. The lowest BCUT2D eigenvalue weighted by molar-refractivity contribution is 0.0737. The smallest absolute Gasteiger partial charge is 0.257 e. The van der Waals surface area contributed by atoms with E-state index in [0.717, 1.165) is 11.8 Å². The van der Waals surface area contributed by atoms with Gasteiger partial charge in [0.15, 0.2) is 5.82 Å². The van der Waals surface area contributed by atoms with E-state index in [1.54, 1.807) is 7.05 Å². The summed E-state index contributed by atoms with van der Waals surface area (Å²) in [5.41, 5.74) is 1.05. The third kappa shape index (κ3) is 2.78. The zero-order chi connectivity index (χ0) is 13.8. The normalized spacial score (nSPS) is 11.9. The van der Waals surface area contributed by atoms with Crippen molar-refractivity contribution in [1.82, 2.24) is 9.88 Å². The molecule has 0 spiro atoms. The molecule has 0 aliphatic heterocycles. The van der Waals surface area contributed by atoms with Gasteiger partial charge in [0.1, 0.15) is 0 Å². The van der Waals surface area contributed by atoms with Crippen LogP contribution in [0.2, 0.25) is 0 Å². The van der Waals surface area contributed by atoms with Gasteiger partial charge in [-0.2, -0.15) is 0 Å². The van der Waals surface area contributed by atoms with Crippen molar-refractivity contribution in [2.45, 2.75) is 13.0 Å². The molecule has 1 aromatic carbocycles. The Labute approximate surface area is 111 Å². The molecule has 0 fully saturated rings. The first-order chi connectivity index (χ1) is 9.11. The topological polar surface area (TPSA) is 33.2 Å². The van der Waals surface area contributed by atoms with E-state index in [9.17, 15) is 9.18 Å². The summed E-state index contributed by atoms with van der Waals surface area (Å²) >= 11 is 0. The summed E-state index contributed by atoms with van der Waals surface area (Å²) in [5, 5.41) is 0. The fourth-order valence-electron chi connectivity index (χ4n) is 1.87. The number of nitrogens with zero attached hydrogens (tertiary/aromatic N) is 2. The maximum Gasteiger partial charge on any atom is 0.257 e. The summed E-state index contributed by atoms with van der Waals surface area (Å²) in [7, 11) is 1.67. The molecule has 4 heteroatoms. The Bertz CT molecular complexity index is 571. The van der Waals surface area contributed by atoms with Crippen LogP contribution in [0.1, 0.15) is 28.9 Å². The van der Waals surface area contributed by atoms with Crippen molar-refractivity contribution in [2.24, 2.45) is 0 Å². The second-order valence-electron chi connectivity index (χ2n) is 4.36. The molecule has 0 N–H and O–H groups in total. The first kappa shape index (κ1) is 13.2. The fraction of sp³-hybridized carbons (Fsp3) is 0.200. The van der Waals surface area contributed by atoms with Crippen LogP contribution in [-0.2, 0) is 0 Å². The van der Waals surface area contributed by atoms with E-state index in [4.69, 9.17) is 0 Å². The van der Waals surface area contributed by atoms with Crippen molar-refractivity contribution in [2.75, 3.05) is 7.05 Å². The first-order valence-electron chi connectivity index (χ1n) is 6.03. The lowest BCUT2D eigenvalue weighted by Gasteiger charge is -2.25. The Kier molecular flexibility index (Phi) is 3.90. The van der Waals surface area contributed by atoms with Gasteiger partial charge in [-0.25, -0.2) is 4.39 Å². The highest BCUT2D eigenvalue weighted by atomic mass is 19.1. The Morgan fingerprint density at radius 1 is 1.26 bits per heavy atom. The molecule has 0 radical (unpaired) electrons. The molecule has 1 aromatic heterocycles. The summed E-state index contributed by atoms with van der Waals surface area (Å²) in [6, 6.07) is 10.9. The highest BCUT2D eigenvalue weighted by Gasteiger charge is 2.21. The average molecular weight is 258 g/mol. The van der Waals surface area contributed by atoms with Crippen LogP contribution in [0.3, 0.4) is 0 Å². The molecule has 0 aliphatic carbocycles. The first-order valence-corrected chi connectivity index (χ1v) is 6.03. The molecule has 1 heterocycles. The summed E-state index contributed by atoms with van der Waals surface area (Å²) in [6.45, 7) is 1.91. The van der Waals surface area contributed by atoms with Gasteiger partial charge in [-0.1, -0.05) is 30.3 Å². The number of hydrogen-bond acceptors (Lipinski definition) is 2. The monoisotopic (exact) mass is 258 g/mol. The number of aromatic nitrogens is 1. The molecule has 0 saturated carbocycles. The number of pyridine rings is 1. The maximum atomic E-state index is 13.6.